The van der Waals surface area contributed by atoms with Crippen LogP contribution in [0.25, 0.3) is 0 Å². The zero-order valence-corrected chi connectivity index (χ0v) is 7.99. The van der Waals surface area contributed by atoms with E-state index in [-0.39, 0.29) is 16.5 Å². The van der Waals surface area contributed by atoms with Gasteiger partial charge >= 0.3 is 0 Å². The zero-order valence-electron chi connectivity index (χ0n) is 7.01. The summed E-state index contributed by atoms with van der Waals surface area (Å²) in [5.74, 6) is 0.782. The molecule has 10 heavy (non-hydrogen) atoms. The molecule has 0 aromatic heterocycles. The Morgan fingerprint density at radius 3 is 2.20 bits per heavy atom. The number of hydrogen-bond donors (Lipinski definition) is 1. The third-order valence-corrected chi connectivity index (χ3v) is 1.88. The fourth-order valence-electron chi connectivity index (χ4n) is 0.981. The summed E-state index contributed by atoms with van der Waals surface area (Å²) in [6.45, 7) is 5.31. The van der Waals surface area contributed by atoms with Crippen molar-refractivity contribution in [1.29, 1.82) is 0 Å². The van der Waals surface area contributed by atoms with Gasteiger partial charge in [-0.2, -0.15) is 0 Å². The van der Waals surface area contributed by atoms with Gasteiger partial charge < -0.3 is 5.73 Å². The summed E-state index contributed by atoms with van der Waals surface area (Å²) in [4.78, 5) is 0. The summed E-state index contributed by atoms with van der Waals surface area (Å²) in [5.41, 5.74) is 5.52. The predicted molar refractivity (Wildman–Crippen MR) is 42.4 cm³/mol. The molecule has 0 aliphatic rings. The van der Waals surface area contributed by atoms with Gasteiger partial charge in [0.25, 0.3) is 0 Å². The Balaban J connectivity index is 0. The molecule has 66 valence electrons. The molecule has 0 aromatic carbocycles. The third-order valence-electron chi connectivity index (χ3n) is 1.88. The van der Waals surface area contributed by atoms with Gasteiger partial charge in [-0.15, -0.1) is 0 Å². The van der Waals surface area contributed by atoms with Gasteiger partial charge in [0.15, 0.2) is 0 Å². The molecule has 1 nitrogen and oxygen atoms in total. The summed E-state index contributed by atoms with van der Waals surface area (Å²) in [5, 5.41) is 0. The first-order valence-corrected chi connectivity index (χ1v) is 4.05. The molecule has 1 unspecified atom stereocenters. The first-order chi connectivity index (χ1) is 4.35. The Kier molecular flexibility index (Phi) is 12.4. The van der Waals surface area contributed by atoms with E-state index in [9.17, 15) is 0 Å². The van der Waals surface area contributed by atoms with Crippen LogP contribution in [-0.2, 0) is 16.5 Å². The second kappa shape index (κ2) is 9.45. The largest absolute Gasteiger partial charge is 0.330 e. The molecular weight excluding hydrogens is 169 g/mol. The normalized spacial score (nSPS) is 12.3. The van der Waals surface area contributed by atoms with Crippen molar-refractivity contribution in [2.75, 3.05) is 6.54 Å². The van der Waals surface area contributed by atoms with Crippen LogP contribution in [0.15, 0.2) is 0 Å². The van der Waals surface area contributed by atoms with Crippen LogP contribution in [0, 0.1) is 5.92 Å². The minimum atomic E-state index is 0. The van der Waals surface area contributed by atoms with Crippen molar-refractivity contribution in [2.24, 2.45) is 11.7 Å². The van der Waals surface area contributed by atoms with Gasteiger partial charge in [0, 0.05) is 16.5 Å². The number of rotatable bonds is 5. The van der Waals surface area contributed by atoms with Gasteiger partial charge in [-0.3, -0.25) is 0 Å². The molecule has 0 aliphatic heterocycles. The van der Waals surface area contributed by atoms with Gasteiger partial charge in [-0.25, -0.2) is 0 Å². The first-order valence-electron chi connectivity index (χ1n) is 4.05. The third kappa shape index (κ3) is 6.57. The minimum Gasteiger partial charge on any atom is -0.330 e. The molecule has 0 rings (SSSR count). The van der Waals surface area contributed by atoms with Gasteiger partial charge in [0.05, 0.1) is 0 Å². The van der Waals surface area contributed by atoms with Crippen LogP contribution in [0.1, 0.15) is 39.5 Å². The van der Waals surface area contributed by atoms with Gasteiger partial charge in [-0.05, 0) is 18.9 Å². The van der Waals surface area contributed by atoms with Gasteiger partial charge in [-0.1, -0.05) is 33.1 Å². The molecule has 0 radical (unpaired) electrons. The van der Waals surface area contributed by atoms with Crippen LogP contribution < -0.4 is 5.73 Å². The van der Waals surface area contributed by atoms with E-state index in [0.717, 1.165) is 12.5 Å². The molecule has 0 saturated carbocycles. The van der Waals surface area contributed by atoms with Crippen LogP contribution >= 0.6 is 0 Å². The van der Waals surface area contributed by atoms with Gasteiger partial charge in [0.2, 0.25) is 0 Å². The molecule has 0 fully saturated rings. The second-order valence-corrected chi connectivity index (χ2v) is 2.65. The van der Waals surface area contributed by atoms with Crippen LogP contribution in [-0.4, -0.2) is 6.54 Å². The maximum atomic E-state index is 5.52. The molecule has 2 N–H and O–H groups in total. The van der Waals surface area contributed by atoms with E-state index in [1.54, 1.807) is 0 Å². The molecule has 0 aromatic rings. The van der Waals surface area contributed by atoms with Crippen molar-refractivity contribution in [1.82, 2.24) is 0 Å². The Hall–Kier alpha value is 0.454. The molecule has 1 atom stereocenters. The molecule has 2 heteroatoms. The Labute approximate surface area is 74.7 Å². The van der Waals surface area contributed by atoms with E-state index in [0.29, 0.717) is 0 Å². The summed E-state index contributed by atoms with van der Waals surface area (Å²) in [6, 6.07) is 0. The monoisotopic (exact) mass is 187 g/mol. The molecule has 0 spiro atoms. The Morgan fingerprint density at radius 2 is 1.90 bits per heavy atom. The van der Waals surface area contributed by atoms with Crippen molar-refractivity contribution in [3.05, 3.63) is 0 Å². The number of unbranched alkanes of at least 4 members (excludes halogenated alkanes) is 1. The van der Waals surface area contributed by atoms with Crippen molar-refractivity contribution in [3.63, 3.8) is 0 Å². The topological polar surface area (TPSA) is 26.0 Å². The van der Waals surface area contributed by atoms with Crippen LogP contribution in [0.2, 0.25) is 0 Å². The zero-order chi connectivity index (χ0) is 7.11. The summed E-state index contributed by atoms with van der Waals surface area (Å²) < 4.78 is 0. The molecule has 0 amide bonds. The minimum absolute atomic E-state index is 0. The first kappa shape index (κ1) is 13.1. The van der Waals surface area contributed by atoms with E-state index in [1.165, 1.54) is 25.7 Å². The van der Waals surface area contributed by atoms with Crippen molar-refractivity contribution in [2.45, 2.75) is 39.5 Å². The van der Waals surface area contributed by atoms with Crippen LogP contribution in [0.5, 0.6) is 0 Å². The average Bonchev–Trinajstić information content (AvgIpc) is 1.91. The Morgan fingerprint density at radius 1 is 1.30 bits per heavy atom. The summed E-state index contributed by atoms with van der Waals surface area (Å²) in [7, 11) is 0. The van der Waals surface area contributed by atoms with Crippen LogP contribution in [0.4, 0.5) is 0 Å². The SMILES string of the molecule is CCCCC(CC)CN.[Ni]. The van der Waals surface area contributed by atoms with Crippen molar-refractivity contribution in [3.8, 4) is 0 Å². The van der Waals surface area contributed by atoms with Gasteiger partial charge in [0.1, 0.15) is 0 Å². The van der Waals surface area contributed by atoms with Crippen LogP contribution in [0.3, 0.4) is 0 Å². The molecule has 0 heterocycles. The predicted octanol–water partition coefficient (Wildman–Crippen LogP) is 2.16. The summed E-state index contributed by atoms with van der Waals surface area (Å²) >= 11 is 0. The molecule has 0 saturated heterocycles. The van der Waals surface area contributed by atoms with E-state index >= 15 is 0 Å². The Bertz CT molecular complexity index is 53.2. The standard InChI is InChI=1S/C8H19N.Ni/c1-3-5-6-8(4-2)7-9;/h8H,3-7,9H2,1-2H3;. The molecular formula is C8H19NNi. The average molecular weight is 188 g/mol. The van der Waals surface area contributed by atoms with Crippen molar-refractivity contribution >= 4 is 0 Å². The van der Waals surface area contributed by atoms with E-state index < -0.39 is 0 Å². The quantitative estimate of drug-likeness (QED) is 0.657. The smallest absolute Gasteiger partial charge is 0 e. The maximum absolute atomic E-state index is 5.52. The van der Waals surface area contributed by atoms with E-state index in [1.807, 2.05) is 0 Å². The fraction of sp³-hybridized carbons (Fsp3) is 1.00. The molecule has 0 bridgehead atoms. The summed E-state index contributed by atoms with van der Waals surface area (Å²) in [6.07, 6.45) is 5.21. The fourth-order valence-corrected chi connectivity index (χ4v) is 0.981. The second-order valence-electron chi connectivity index (χ2n) is 2.65. The van der Waals surface area contributed by atoms with Crippen molar-refractivity contribution < 1.29 is 16.5 Å². The number of hydrogen-bond acceptors (Lipinski definition) is 1. The number of nitrogens with two attached hydrogens (primary N) is 1. The maximum Gasteiger partial charge on any atom is 0 e. The van der Waals surface area contributed by atoms with E-state index in [2.05, 4.69) is 13.8 Å². The molecule has 0 aliphatic carbocycles. The van der Waals surface area contributed by atoms with E-state index in [4.69, 9.17) is 5.73 Å².